The standard InChI is InChI=1S/C23H27N3O3S/c1-28-18-11-9-17(10-12-18)15-24-23(30)26-16-21(22(27)25-13-5-2-6-14-25)29-20-8-4-3-7-19(20)26/h3-4,7-12,21H,2,5-6,13-16H2,1H3,(H,24,30)/t21-/m0/s1. The van der Waals surface area contributed by atoms with E-state index in [1.54, 1.807) is 7.11 Å². The summed E-state index contributed by atoms with van der Waals surface area (Å²) in [5.41, 5.74) is 1.98. The smallest absolute Gasteiger partial charge is 0.265 e. The molecule has 0 aliphatic carbocycles. The molecule has 158 valence electrons. The van der Waals surface area contributed by atoms with Crippen LogP contribution in [0.15, 0.2) is 48.5 Å². The third-order valence-electron chi connectivity index (χ3n) is 5.56. The fourth-order valence-corrected chi connectivity index (χ4v) is 4.13. The number of benzene rings is 2. The van der Waals surface area contributed by atoms with E-state index in [1.807, 2.05) is 58.3 Å². The van der Waals surface area contributed by atoms with Crippen LogP contribution in [-0.4, -0.2) is 48.8 Å². The van der Waals surface area contributed by atoms with Gasteiger partial charge in [0.15, 0.2) is 11.2 Å². The van der Waals surface area contributed by atoms with Crippen LogP contribution in [0, 0.1) is 0 Å². The predicted molar refractivity (Wildman–Crippen MR) is 121 cm³/mol. The van der Waals surface area contributed by atoms with E-state index < -0.39 is 6.10 Å². The number of hydrogen-bond donors (Lipinski definition) is 1. The third-order valence-corrected chi connectivity index (χ3v) is 5.93. The lowest BCUT2D eigenvalue weighted by molar-refractivity contribution is -0.139. The lowest BCUT2D eigenvalue weighted by Crippen LogP contribution is -2.54. The zero-order valence-electron chi connectivity index (χ0n) is 17.2. The van der Waals surface area contributed by atoms with Crippen LogP contribution in [0.5, 0.6) is 11.5 Å². The zero-order valence-corrected chi connectivity index (χ0v) is 18.0. The molecule has 30 heavy (non-hydrogen) atoms. The fraction of sp³-hybridized carbons (Fsp3) is 0.391. The first-order chi connectivity index (χ1) is 14.7. The third kappa shape index (κ3) is 4.51. The number of likely N-dealkylation sites (tertiary alicyclic amines) is 1. The molecule has 0 bridgehead atoms. The van der Waals surface area contributed by atoms with Gasteiger partial charge in [0.05, 0.1) is 19.3 Å². The first-order valence-corrected chi connectivity index (χ1v) is 10.8. The number of carbonyl (C=O) groups excluding carboxylic acids is 1. The second kappa shape index (κ2) is 9.34. The molecule has 1 N–H and O–H groups in total. The van der Waals surface area contributed by atoms with Crippen molar-refractivity contribution in [3.8, 4) is 11.5 Å². The van der Waals surface area contributed by atoms with Gasteiger partial charge in [0.25, 0.3) is 5.91 Å². The van der Waals surface area contributed by atoms with Gasteiger partial charge in [-0.25, -0.2) is 0 Å². The van der Waals surface area contributed by atoms with Crippen LogP contribution in [-0.2, 0) is 11.3 Å². The molecule has 6 nitrogen and oxygen atoms in total. The minimum atomic E-state index is -0.557. The SMILES string of the molecule is COc1ccc(CNC(=S)N2C[C@@H](C(=O)N3CCCCC3)Oc3ccccc32)cc1. The molecule has 1 atom stereocenters. The van der Waals surface area contributed by atoms with Crippen molar-refractivity contribution < 1.29 is 14.3 Å². The Kier molecular flexibility index (Phi) is 6.38. The van der Waals surface area contributed by atoms with Crippen molar-refractivity contribution in [2.45, 2.75) is 31.9 Å². The van der Waals surface area contributed by atoms with Crippen molar-refractivity contribution in [1.82, 2.24) is 10.2 Å². The van der Waals surface area contributed by atoms with Crippen molar-refractivity contribution >= 4 is 28.9 Å². The molecular formula is C23H27N3O3S. The molecule has 1 fully saturated rings. The summed E-state index contributed by atoms with van der Waals surface area (Å²) in [7, 11) is 1.65. The Balaban J connectivity index is 1.47. The molecule has 2 aromatic carbocycles. The number of fused-ring (bicyclic) bond motifs is 1. The Labute approximate surface area is 182 Å². The number of ether oxygens (including phenoxy) is 2. The molecule has 1 saturated heterocycles. The predicted octanol–water partition coefficient (Wildman–Crippen LogP) is 3.35. The van der Waals surface area contributed by atoms with Gasteiger partial charge >= 0.3 is 0 Å². The number of para-hydroxylation sites is 2. The Morgan fingerprint density at radius 2 is 1.87 bits per heavy atom. The minimum absolute atomic E-state index is 0.0483. The molecule has 2 heterocycles. The number of carbonyl (C=O) groups is 1. The summed E-state index contributed by atoms with van der Waals surface area (Å²) in [6.07, 6.45) is 2.74. The van der Waals surface area contributed by atoms with Crippen LogP contribution in [0.25, 0.3) is 0 Å². The van der Waals surface area contributed by atoms with E-state index in [2.05, 4.69) is 5.32 Å². The highest BCUT2D eigenvalue weighted by Crippen LogP contribution is 2.34. The maximum atomic E-state index is 13.1. The number of amides is 1. The van der Waals surface area contributed by atoms with Crippen molar-refractivity contribution in [2.75, 3.05) is 31.6 Å². The van der Waals surface area contributed by atoms with E-state index in [9.17, 15) is 4.79 Å². The lowest BCUT2D eigenvalue weighted by Gasteiger charge is -2.38. The fourth-order valence-electron chi connectivity index (χ4n) is 3.89. The number of rotatable bonds is 4. The highest BCUT2D eigenvalue weighted by Gasteiger charge is 2.35. The zero-order chi connectivity index (χ0) is 20.9. The van der Waals surface area contributed by atoms with Gasteiger partial charge in [-0.2, -0.15) is 0 Å². The largest absolute Gasteiger partial charge is 0.497 e. The van der Waals surface area contributed by atoms with Gasteiger partial charge in [0, 0.05) is 19.6 Å². The number of methoxy groups -OCH3 is 1. The molecule has 1 amide bonds. The minimum Gasteiger partial charge on any atom is -0.497 e. The monoisotopic (exact) mass is 425 g/mol. The summed E-state index contributed by atoms with van der Waals surface area (Å²) in [5.74, 6) is 1.56. The normalized spacial score (nSPS) is 18.2. The molecule has 0 radical (unpaired) electrons. The van der Waals surface area contributed by atoms with E-state index >= 15 is 0 Å². The number of hydrogen-bond acceptors (Lipinski definition) is 4. The summed E-state index contributed by atoms with van der Waals surface area (Å²) < 4.78 is 11.3. The quantitative estimate of drug-likeness (QED) is 0.759. The first kappa shape index (κ1) is 20.5. The Morgan fingerprint density at radius 3 is 2.60 bits per heavy atom. The van der Waals surface area contributed by atoms with Gasteiger partial charge in [-0.3, -0.25) is 4.79 Å². The van der Waals surface area contributed by atoms with Crippen molar-refractivity contribution in [3.05, 3.63) is 54.1 Å². The summed E-state index contributed by atoms with van der Waals surface area (Å²) in [6, 6.07) is 15.6. The molecular weight excluding hydrogens is 398 g/mol. The number of piperidine rings is 1. The van der Waals surface area contributed by atoms with Gasteiger partial charge in [-0.1, -0.05) is 24.3 Å². The van der Waals surface area contributed by atoms with E-state index in [0.717, 1.165) is 42.9 Å². The van der Waals surface area contributed by atoms with E-state index in [-0.39, 0.29) is 5.91 Å². The van der Waals surface area contributed by atoms with E-state index in [4.69, 9.17) is 21.7 Å². The average Bonchev–Trinajstić information content (AvgIpc) is 2.82. The molecule has 0 spiro atoms. The highest BCUT2D eigenvalue weighted by molar-refractivity contribution is 7.80. The highest BCUT2D eigenvalue weighted by atomic mass is 32.1. The Bertz CT molecular complexity index is 897. The second-order valence-corrected chi connectivity index (χ2v) is 7.96. The molecule has 2 aliphatic heterocycles. The van der Waals surface area contributed by atoms with Crippen molar-refractivity contribution in [3.63, 3.8) is 0 Å². The number of nitrogens with zero attached hydrogens (tertiary/aromatic N) is 2. The van der Waals surface area contributed by atoms with Gasteiger partial charge in [-0.15, -0.1) is 0 Å². The van der Waals surface area contributed by atoms with E-state index in [0.29, 0.717) is 24.0 Å². The van der Waals surface area contributed by atoms with Crippen LogP contribution >= 0.6 is 12.2 Å². The topological polar surface area (TPSA) is 54.0 Å². The first-order valence-electron chi connectivity index (χ1n) is 10.4. The molecule has 4 rings (SSSR count). The molecule has 2 aliphatic rings. The maximum Gasteiger partial charge on any atom is 0.265 e. The second-order valence-electron chi connectivity index (χ2n) is 7.58. The summed E-state index contributed by atoms with van der Waals surface area (Å²) in [6.45, 7) is 2.61. The van der Waals surface area contributed by atoms with Crippen LogP contribution in [0.2, 0.25) is 0 Å². The van der Waals surface area contributed by atoms with Gasteiger partial charge in [-0.05, 0) is 61.3 Å². The summed E-state index contributed by atoms with van der Waals surface area (Å²) in [4.78, 5) is 17.0. The lowest BCUT2D eigenvalue weighted by atomic mass is 10.1. The molecule has 0 unspecified atom stereocenters. The summed E-state index contributed by atoms with van der Waals surface area (Å²) >= 11 is 5.70. The number of anilines is 1. The van der Waals surface area contributed by atoms with E-state index in [1.165, 1.54) is 6.42 Å². The van der Waals surface area contributed by atoms with Crippen LogP contribution in [0.4, 0.5) is 5.69 Å². The van der Waals surface area contributed by atoms with Crippen molar-refractivity contribution in [2.24, 2.45) is 0 Å². The van der Waals surface area contributed by atoms with Gasteiger partial charge in [0.1, 0.15) is 11.5 Å². The van der Waals surface area contributed by atoms with Crippen LogP contribution in [0.1, 0.15) is 24.8 Å². The number of nitrogens with one attached hydrogen (secondary N) is 1. The van der Waals surface area contributed by atoms with Gasteiger partial charge < -0.3 is 24.6 Å². The Hall–Kier alpha value is -2.80. The molecule has 7 heteroatoms. The molecule has 0 saturated carbocycles. The van der Waals surface area contributed by atoms with Crippen molar-refractivity contribution in [1.29, 1.82) is 0 Å². The van der Waals surface area contributed by atoms with Crippen LogP contribution in [0.3, 0.4) is 0 Å². The maximum absolute atomic E-state index is 13.1. The molecule has 2 aromatic rings. The van der Waals surface area contributed by atoms with Crippen LogP contribution < -0.4 is 19.7 Å². The summed E-state index contributed by atoms with van der Waals surface area (Å²) in [5, 5.41) is 3.90. The Morgan fingerprint density at radius 1 is 1.13 bits per heavy atom. The molecule has 0 aromatic heterocycles. The average molecular weight is 426 g/mol. The number of thiocarbonyl (C=S) groups is 1. The van der Waals surface area contributed by atoms with Gasteiger partial charge in [0.2, 0.25) is 0 Å².